The number of allylic oxidation sites excluding steroid dienone is 1. The zero-order valence-electron chi connectivity index (χ0n) is 18.6. The van der Waals surface area contributed by atoms with Gasteiger partial charge in [-0.1, -0.05) is 61.5 Å². The van der Waals surface area contributed by atoms with Crippen LogP contribution in [0.25, 0.3) is 11.1 Å². The maximum atomic E-state index is 12.5. The highest BCUT2D eigenvalue weighted by atomic mass is 127. The van der Waals surface area contributed by atoms with Gasteiger partial charge in [-0.2, -0.15) is 0 Å². The van der Waals surface area contributed by atoms with Gasteiger partial charge in [-0.25, -0.2) is 0 Å². The van der Waals surface area contributed by atoms with E-state index in [9.17, 15) is 5.21 Å². The summed E-state index contributed by atoms with van der Waals surface area (Å²) in [7, 11) is 0. The Morgan fingerprint density at radius 3 is 2.03 bits per heavy atom. The van der Waals surface area contributed by atoms with Gasteiger partial charge in [-0.05, 0) is 81.1 Å². The minimum atomic E-state index is -0.102. The molecule has 4 heteroatoms. The Bertz CT molecular complexity index is 1040. The van der Waals surface area contributed by atoms with Crippen LogP contribution in [0.3, 0.4) is 0 Å². The van der Waals surface area contributed by atoms with Crippen LogP contribution in [0.2, 0.25) is 0 Å². The average Bonchev–Trinajstić information content (AvgIpc) is 3.26. The second kappa shape index (κ2) is 10.6. The number of ether oxygens (including phenoxy) is 1. The summed E-state index contributed by atoms with van der Waals surface area (Å²) in [6, 6.07) is 27.7. The number of hydrogen-bond acceptors (Lipinski definition) is 2. The van der Waals surface area contributed by atoms with Crippen LogP contribution in [-0.4, -0.2) is 30.9 Å². The van der Waals surface area contributed by atoms with Crippen molar-refractivity contribution >= 4 is 33.7 Å². The zero-order valence-corrected chi connectivity index (χ0v) is 20.8. The molecule has 166 valence electrons. The van der Waals surface area contributed by atoms with Crippen LogP contribution in [0.4, 0.5) is 0 Å². The van der Waals surface area contributed by atoms with Crippen molar-refractivity contribution in [3.8, 4) is 5.75 Å². The van der Waals surface area contributed by atoms with E-state index in [0.717, 1.165) is 38.1 Å². The molecule has 0 atom stereocenters. The van der Waals surface area contributed by atoms with Gasteiger partial charge in [0.1, 0.15) is 18.9 Å². The van der Waals surface area contributed by atoms with Gasteiger partial charge in [0.2, 0.25) is 0 Å². The second-order valence-electron chi connectivity index (χ2n) is 8.39. The van der Waals surface area contributed by atoms with Crippen LogP contribution in [0, 0.1) is 8.78 Å². The first-order chi connectivity index (χ1) is 15.6. The van der Waals surface area contributed by atoms with Gasteiger partial charge in [0, 0.05) is 16.4 Å². The van der Waals surface area contributed by atoms with E-state index in [-0.39, 0.29) is 4.65 Å². The van der Waals surface area contributed by atoms with E-state index >= 15 is 0 Å². The van der Waals surface area contributed by atoms with Crippen LogP contribution in [0.5, 0.6) is 5.75 Å². The molecule has 0 saturated carbocycles. The van der Waals surface area contributed by atoms with E-state index in [1.165, 1.54) is 31.4 Å². The van der Waals surface area contributed by atoms with Crippen molar-refractivity contribution in [1.29, 1.82) is 0 Å². The van der Waals surface area contributed by atoms with Gasteiger partial charge in [0.05, 0.1) is 13.1 Å². The van der Waals surface area contributed by atoms with Gasteiger partial charge >= 0.3 is 0 Å². The second-order valence-corrected chi connectivity index (χ2v) is 9.63. The van der Waals surface area contributed by atoms with Crippen LogP contribution in [-0.2, 0) is 0 Å². The van der Waals surface area contributed by atoms with E-state index < -0.39 is 0 Å². The smallest absolute Gasteiger partial charge is 0.137 e. The van der Waals surface area contributed by atoms with Gasteiger partial charge in [0.15, 0.2) is 0 Å². The summed E-state index contributed by atoms with van der Waals surface area (Å²) >= 11 is 2.35. The van der Waals surface area contributed by atoms with Crippen molar-refractivity contribution in [2.24, 2.45) is 0 Å². The molecule has 0 N–H and O–H groups in total. The molecular formula is C28H30INO2. The monoisotopic (exact) mass is 539 g/mol. The third-order valence-corrected chi connectivity index (χ3v) is 6.92. The lowest BCUT2D eigenvalue weighted by molar-refractivity contribution is -0.868. The Morgan fingerprint density at radius 2 is 1.44 bits per heavy atom. The Kier molecular flexibility index (Phi) is 7.66. The highest BCUT2D eigenvalue weighted by Gasteiger charge is 2.22. The molecule has 0 aliphatic carbocycles. The number of rotatable bonds is 8. The Balaban J connectivity index is 1.61. The van der Waals surface area contributed by atoms with Gasteiger partial charge in [-0.15, -0.1) is 0 Å². The number of likely N-dealkylation sites (tertiary alicyclic amines) is 1. The van der Waals surface area contributed by atoms with E-state index in [1.807, 2.05) is 12.1 Å². The number of benzene rings is 3. The maximum absolute atomic E-state index is 12.5. The molecule has 32 heavy (non-hydrogen) atoms. The lowest BCUT2D eigenvalue weighted by atomic mass is 9.88. The highest BCUT2D eigenvalue weighted by molar-refractivity contribution is 14.1. The molecular weight excluding hydrogens is 509 g/mol. The Morgan fingerprint density at radius 1 is 0.844 bits per heavy atom. The van der Waals surface area contributed by atoms with Gasteiger partial charge < -0.3 is 14.6 Å². The van der Waals surface area contributed by atoms with Crippen LogP contribution < -0.4 is 4.74 Å². The molecule has 0 unspecified atom stereocenters. The summed E-state index contributed by atoms with van der Waals surface area (Å²) in [4.78, 5) is 0. The van der Waals surface area contributed by atoms with Crippen molar-refractivity contribution in [3.05, 3.63) is 104 Å². The fourth-order valence-corrected chi connectivity index (χ4v) is 4.84. The number of nitrogens with zero attached hydrogens (tertiary/aromatic N) is 1. The van der Waals surface area contributed by atoms with Crippen molar-refractivity contribution in [3.63, 3.8) is 0 Å². The number of hydroxylamine groups is 3. The quantitative estimate of drug-likeness (QED) is 0.132. The predicted molar refractivity (Wildman–Crippen MR) is 141 cm³/mol. The third kappa shape index (κ3) is 5.61. The molecule has 1 aliphatic heterocycles. The first kappa shape index (κ1) is 23.0. The minimum Gasteiger partial charge on any atom is -0.633 e. The van der Waals surface area contributed by atoms with Crippen LogP contribution in [0.1, 0.15) is 42.9 Å². The van der Waals surface area contributed by atoms with E-state index in [0.29, 0.717) is 13.2 Å². The first-order valence-corrected chi connectivity index (χ1v) is 12.5. The lowest BCUT2D eigenvalue weighted by Gasteiger charge is -2.38. The maximum Gasteiger partial charge on any atom is 0.137 e. The fourth-order valence-electron chi connectivity index (χ4n) is 4.48. The highest BCUT2D eigenvalue weighted by Crippen LogP contribution is 2.35. The van der Waals surface area contributed by atoms with Crippen molar-refractivity contribution < 1.29 is 9.38 Å². The summed E-state index contributed by atoms with van der Waals surface area (Å²) in [5, 5.41) is 12.5. The molecule has 1 heterocycles. The summed E-state index contributed by atoms with van der Waals surface area (Å²) in [5.74, 6) is 0.819. The Labute approximate surface area is 205 Å². The summed E-state index contributed by atoms with van der Waals surface area (Å²) < 4.78 is 7.05. The molecule has 0 amide bonds. The van der Waals surface area contributed by atoms with E-state index in [1.54, 1.807) is 0 Å². The molecule has 0 bridgehead atoms. The van der Waals surface area contributed by atoms with Crippen LogP contribution >= 0.6 is 22.6 Å². The fraction of sp³-hybridized carbons (Fsp3) is 0.286. The molecule has 3 nitrogen and oxygen atoms in total. The number of quaternary nitrogens is 1. The van der Waals surface area contributed by atoms with Gasteiger partial charge in [0.25, 0.3) is 0 Å². The molecule has 1 saturated heterocycles. The summed E-state index contributed by atoms with van der Waals surface area (Å²) in [6.45, 7) is 4.67. The molecule has 1 aliphatic rings. The molecule has 3 aromatic carbocycles. The minimum absolute atomic E-state index is 0.102. The van der Waals surface area contributed by atoms with Crippen molar-refractivity contribution in [1.82, 2.24) is 0 Å². The number of hydrogen-bond donors (Lipinski definition) is 0. The molecule has 3 aromatic rings. The summed E-state index contributed by atoms with van der Waals surface area (Å²) in [6.07, 6.45) is 3.01. The van der Waals surface area contributed by atoms with Gasteiger partial charge in [-0.3, -0.25) is 0 Å². The molecule has 0 spiro atoms. The van der Waals surface area contributed by atoms with Crippen molar-refractivity contribution in [2.45, 2.75) is 26.2 Å². The molecule has 0 radical (unpaired) electrons. The Hall–Kier alpha value is -2.15. The first-order valence-electron chi connectivity index (χ1n) is 11.4. The molecule has 1 fully saturated rings. The average molecular weight is 539 g/mol. The largest absolute Gasteiger partial charge is 0.633 e. The topological polar surface area (TPSA) is 32.3 Å². The third-order valence-electron chi connectivity index (χ3n) is 6.20. The van der Waals surface area contributed by atoms with E-state index in [4.69, 9.17) is 4.74 Å². The van der Waals surface area contributed by atoms with Crippen molar-refractivity contribution in [2.75, 3.05) is 26.2 Å². The van der Waals surface area contributed by atoms with Crippen LogP contribution in [0.15, 0.2) is 78.9 Å². The van der Waals surface area contributed by atoms with E-state index in [2.05, 4.69) is 96.2 Å². The predicted octanol–water partition coefficient (Wildman–Crippen LogP) is 7.15. The normalized spacial score (nSPS) is 16.0. The molecule has 4 rings (SSSR count). The number of halogens is 1. The molecule has 0 aromatic heterocycles. The standard InChI is InChI=1S/C28H30INO2/c1-2-27(22-8-4-3-5-9-22)28(23-10-14-25(29)15-11-23)24-12-16-26(17-13-24)32-21-20-30(31)18-6-7-19-30/h3-5,8-17H,2,6-7,18-21H2,1H3/b28-27+. The summed E-state index contributed by atoms with van der Waals surface area (Å²) in [5.41, 5.74) is 6.21. The lowest BCUT2D eigenvalue weighted by Crippen LogP contribution is -2.42. The SMILES string of the molecule is CC/C(=C(/c1ccc(I)cc1)c1ccc(OCC[N+]2([O-])CCCC2)cc1)c1ccccc1. The zero-order chi connectivity index (χ0) is 22.4.